The van der Waals surface area contributed by atoms with E-state index in [2.05, 4.69) is 0 Å². The summed E-state index contributed by atoms with van der Waals surface area (Å²) in [6, 6.07) is 12.9. The molecule has 0 spiro atoms. The van der Waals surface area contributed by atoms with Crippen LogP contribution in [0.3, 0.4) is 0 Å². The molecule has 0 heterocycles. The molecule has 0 atom stereocenters. The molecule has 20 heavy (non-hydrogen) atoms. The SMILES string of the molecule is COCOc1ccccc1-c1ccc(OC)cc1C=O. The maximum atomic E-state index is 11.3. The molecule has 0 N–H and O–H groups in total. The third-order valence-electron chi connectivity index (χ3n) is 2.90. The lowest BCUT2D eigenvalue weighted by molar-refractivity contribution is 0.0515. The molecule has 4 heteroatoms. The van der Waals surface area contributed by atoms with E-state index in [0.717, 1.165) is 17.4 Å². The van der Waals surface area contributed by atoms with Crippen LogP contribution in [-0.2, 0) is 4.74 Å². The van der Waals surface area contributed by atoms with E-state index in [-0.39, 0.29) is 6.79 Å². The van der Waals surface area contributed by atoms with Gasteiger partial charge in [0.15, 0.2) is 13.1 Å². The number of methoxy groups -OCH3 is 2. The molecule has 2 rings (SSSR count). The number of ether oxygens (including phenoxy) is 3. The molecule has 0 bridgehead atoms. The number of carbonyl (C=O) groups is 1. The molecular weight excluding hydrogens is 256 g/mol. The van der Waals surface area contributed by atoms with Gasteiger partial charge in [-0.2, -0.15) is 0 Å². The Morgan fingerprint density at radius 2 is 1.85 bits per heavy atom. The summed E-state index contributed by atoms with van der Waals surface area (Å²) in [6.45, 7) is 0.156. The van der Waals surface area contributed by atoms with Gasteiger partial charge in [0, 0.05) is 18.2 Å². The number of rotatable bonds is 6. The van der Waals surface area contributed by atoms with Gasteiger partial charge in [0.1, 0.15) is 11.5 Å². The Hall–Kier alpha value is -2.33. The molecule has 0 fully saturated rings. The van der Waals surface area contributed by atoms with Crippen LogP contribution in [0.4, 0.5) is 0 Å². The lowest BCUT2D eigenvalue weighted by Crippen LogP contribution is -2.01. The molecule has 0 saturated heterocycles. The fraction of sp³-hybridized carbons (Fsp3) is 0.188. The standard InChI is InChI=1S/C16H16O4/c1-18-11-20-16-6-4-3-5-15(16)14-8-7-13(19-2)9-12(14)10-17/h3-10H,11H2,1-2H3. The van der Waals surface area contributed by atoms with Crippen LogP contribution in [0.5, 0.6) is 11.5 Å². The van der Waals surface area contributed by atoms with Crippen molar-refractivity contribution in [3.8, 4) is 22.6 Å². The summed E-state index contributed by atoms with van der Waals surface area (Å²) in [5, 5.41) is 0. The van der Waals surface area contributed by atoms with E-state index >= 15 is 0 Å². The molecule has 0 aromatic heterocycles. The van der Waals surface area contributed by atoms with Crippen LogP contribution in [-0.4, -0.2) is 27.3 Å². The molecule has 0 aliphatic rings. The van der Waals surface area contributed by atoms with Crippen LogP contribution in [0.25, 0.3) is 11.1 Å². The maximum Gasteiger partial charge on any atom is 0.188 e. The molecular formula is C16H16O4. The molecule has 0 aliphatic heterocycles. The van der Waals surface area contributed by atoms with Gasteiger partial charge in [0.2, 0.25) is 0 Å². The van der Waals surface area contributed by atoms with Crippen LogP contribution in [0.15, 0.2) is 42.5 Å². The van der Waals surface area contributed by atoms with Crippen molar-refractivity contribution < 1.29 is 19.0 Å². The Kier molecular flexibility index (Phi) is 4.74. The predicted molar refractivity (Wildman–Crippen MR) is 76.3 cm³/mol. The fourth-order valence-electron chi connectivity index (χ4n) is 1.95. The Labute approximate surface area is 117 Å². The van der Waals surface area contributed by atoms with E-state index in [1.807, 2.05) is 36.4 Å². The highest BCUT2D eigenvalue weighted by molar-refractivity contribution is 5.89. The first-order valence-electron chi connectivity index (χ1n) is 6.14. The number of aldehydes is 1. The molecule has 4 nitrogen and oxygen atoms in total. The lowest BCUT2D eigenvalue weighted by atomic mass is 9.99. The molecule has 2 aromatic rings. The zero-order valence-corrected chi connectivity index (χ0v) is 11.5. The van der Waals surface area contributed by atoms with Gasteiger partial charge < -0.3 is 14.2 Å². The second-order valence-electron chi connectivity index (χ2n) is 4.12. The van der Waals surface area contributed by atoms with E-state index in [0.29, 0.717) is 17.1 Å². The smallest absolute Gasteiger partial charge is 0.188 e. The molecule has 0 aliphatic carbocycles. The predicted octanol–water partition coefficient (Wildman–Crippen LogP) is 3.16. The largest absolute Gasteiger partial charge is 0.497 e. The zero-order valence-electron chi connectivity index (χ0n) is 11.5. The van der Waals surface area contributed by atoms with Gasteiger partial charge in [-0.15, -0.1) is 0 Å². The number of benzene rings is 2. The number of hydrogen-bond donors (Lipinski definition) is 0. The third-order valence-corrected chi connectivity index (χ3v) is 2.90. The van der Waals surface area contributed by atoms with Crippen molar-refractivity contribution in [3.63, 3.8) is 0 Å². The first-order chi connectivity index (χ1) is 9.80. The Morgan fingerprint density at radius 1 is 1.05 bits per heavy atom. The van der Waals surface area contributed by atoms with Gasteiger partial charge in [-0.25, -0.2) is 0 Å². The minimum Gasteiger partial charge on any atom is -0.497 e. The summed E-state index contributed by atoms with van der Waals surface area (Å²) in [5.41, 5.74) is 2.19. The van der Waals surface area contributed by atoms with Crippen LogP contribution in [0, 0.1) is 0 Å². The minimum absolute atomic E-state index is 0.156. The lowest BCUT2D eigenvalue weighted by Gasteiger charge is -2.13. The average molecular weight is 272 g/mol. The number of carbonyl (C=O) groups excluding carboxylic acids is 1. The van der Waals surface area contributed by atoms with Gasteiger partial charge in [0.05, 0.1) is 7.11 Å². The summed E-state index contributed by atoms with van der Waals surface area (Å²) in [5.74, 6) is 1.31. The first-order valence-corrected chi connectivity index (χ1v) is 6.14. The molecule has 2 aromatic carbocycles. The monoisotopic (exact) mass is 272 g/mol. The highest BCUT2D eigenvalue weighted by Gasteiger charge is 2.11. The highest BCUT2D eigenvalue weighted by Crippen LogP contribution is 2.33. The van der Waals surface area contributed by atoms with E-state index in [4.69, 9.17) is 14.2 Å². The van der Waals surface area contributed by atoms with Gasteiger partial charge in [0.25, 0.3) is 0 Å². The van der Waals surface area contributed by atoms with Crippen molar-refractivity contribution in [2.75, 3.05) is 21.0 Å². The third kappa shape index (κ3) is 2.97. The quantitative estimate of drug-likeness (QED) is 0.598. The fourth-order valence-corrected chi connectivity index (χ4v) is 1.95. The Bertz CT molecular complexity index is 593. The van der Waals surface area contributed by atoms with Gasteiger partial charge in [-0.05, 0) is 29.8 Å². The molecule has 104 valence electrons. The minimum atomic E-state index is 0.156. The second-order valence-corrected chi connectivity index (χ2v) is 4.12. The van der Waals surface area contributed by atoms with Crippen LogP contribution in [0.2, 0.25) is 0 Å². The average Bonchev–Trinajstić information content (AvgIpc) is 2.52. The summed E-state index contributed by atoms with van der Waals surface area (Å²) < 4.78 is 15.6. The van der Waals surface area contributed by atoms with Gasteiger partial charge >= 0.3 is 0 Å². The van der Waals surface area contributed by atoms with Crippen molar-refractivity contribution >= 4 is 6.29 Å². The van der Waals surface area contributed by atoms with E-state index in [1.165, 1.54) is 0 Å². The van der Waals surface area contributed by atoms with Crippen molar-refractivity contribution in [1.29, 1.82) is 0 Å². The Morgan fingerprint density at radius 3 is 2.55 bits per heavy atom. The normalized spacial score (nSPS) is 10.1. The molecule has 0 radical (unpaired) electrons. The van der Waals surface area contributed by atoms with E-state index in [9.17, 15) is 4.79 Å². The van der Waals surface area contributed by atoms with Crippen LogP contribution < -0.4 is 9.47 Å². The summed E-state index contributed by atoms with van der Waals surface area (Å²) in [4.78, 5) is 11.3. The van der Waals surface area contributed by atoms with Gasteiger partial charge in [-0.3, -0.25) is 4.79 Å². The first kappa shape index (κ1) is 14.1. The highest BCUT2D eigenvalue weighted by atomic mass is 16.7. The van der Waals surface area contributed by atoms with Crippen LogP contribution in [0.1, 0.15) is 10.4 Å². The topological polar surface area (TPSA) is 44.8 Å². The van der Waals surface area contributed by atoms with E-state index in [1.54, 1.807) is 20.3 Å². The van der Waals surface area contributed by atoms with Crippen LogP contribution >= 0.6 is 0 Å². The number of hydrogen-bond acceptors (Lipinski definition) is 4. The Balaban J connectivity index is 2.48. The summed E-state index contributed by atoms with van der Waals surface area (Å²) in [6.07, 6.45) is 0.810. The molecule has 0 amide bonds. The summed E-state index contributed by atoms with van der Waals surface area (Å²) in [7, 11) is 3.13. The number of para-hydroxylation sites is 1. The van der Waals surface area contributed by atoms with Crippen molar-refractivity contribution in [1.82, 2.24) is 0 Å². The van der Waals surface area contributed by atoms with Crippen molar-refractivity contribution in [2.45, 2.75) is 0 Å². The summed E-state index contributed by atoms with van der Waals surface area (Å²) >= 11 is 0. The second kappa shape index (κ2) is 6.73. The van der Waals surface area contributed by atoms with Gasteiger partial charge in [-0.1, -0.05) is 18.2 Å². The van der Waals surface area contributed by atoms with Crippen molar-refractivity contribution in [2.24, 2.45) is 0 Å². The van der Waals surface area contributed by atoms with E-state index < -0.39 is 0 Å². The van der Waals surface area contributed by atoms with Crippen molar-refractivity contribution in [3.05, 3.63) is 48.0 Å². The maximum absolute atomic E-state index is 11.3. The molecule has 0 unspecified atom stereocenters. The zero-order chi connectivity index (χ0) is 14.4. The molecule has 0 saturated carbocycles.